The Kier molecular flexibility index (Phi) is 6.80. The van der Waals surface area contributed by atoms with E-state index in [2.05, 4.69) is 15.0 Å². The molecule has 1 fully saturated rings. The molecule has 37 heavy (non-hydrogen) atoms. The third kappa shape index (κ3) is 5.42. The van der Waals surface area contributed by atoms with Crippen LogP contribution in [0.4, 0.5) is 18.9 Å². The van der Waals surface area contributed by atoms with E-state index in [1.165, 1.54) is 53.2 Å². The Hall–Kier alpha value is -4.34. The second kappa shape index (κ2) is 10.3. The second-order valence-corrected chi connectivity index (χ2v) is 8.76. The summed E-state index contributed by atoms with van der Waals surface area (Å²) in [6.45, 7) is -1.77. The van der Waals surface area contributed by atoms with Crippen LogP contribution in [0.3, 0.4) is 0 Å². The van der Waals surface area contributed by atoms with Crippen LogP contribution in [0.25, 0.3) is 5.65 Å². The molecule has 1 saturated heterocycles. The molecule has 190 valence electrons. The first-order valence-electron chi connectivity index (χ1n) is 11.8. The first-order valence-corrected chi connectivity index (χ1v) is 11.8. The number of hydrogen-bond acceptors (Lipinski definition) is 4. The molecule has 2 amide bonds. The lowest BCUT2D eigenvalue weighted by Crippen LogP contribution is -2.37. The van der Waals surface area contributed by atoms with E-state index in [4.69, 9.17) is 0 Å². The Bertz CT molecular complexity index is 1410. The molecule has 10 heteroatoms. The normalized spacial score (nSPS) is 14.2. The summed E-state index contributed by atoms with van der Waals surface area (Å²) in [5.74, 6) is -0.734. The molecule has 0 radical (unpaired) electrons. The van der Waals surface area contributed by atoms with Crippen LogP contribution in [0, 0.1) is 5.82 Å². The van der Waals surface area contributed by atoms with Crippen LogP contribution in [0.1, 0.15) is 45.2 Å². The molecule has 4 aromatic rings. The minimum atomic E-state index is -2.91. The van der Waals surface area contributed by atoms with Crippen LogP contribution in [-0.4, -0.2) is 45.8 Å². The number of nitrogens with zero attached hydrogens (tertiary/aromatic N) is 3. The summed E-state index contributed by atoms with van der Waals surface area (Å²) < 4.78 is 43.9. The molecule has 0 spiro atoms. The molecule has 0 aliphatic carbocycles. The monoisotopic (exact) mass is 508 g/mol. The van der Waals surface area contributed by atoms with Crippen LogP contribution in [0.15, 0.2) is 73.1 Å². The lowest BCUT2D eigenvalue weighted by atomic mass is 9.89. The molecular formula is C27H23F3N4O3. The van der Waals surface area contributed by atoms with Crippen molar-refractivity contribution >= 4 is 23.1 Å². The van der Waals surface area contributed by atoms with Gasteiger partial charge < -0.3 is 15.0 Å². The molecule has 0 unspecified atom stereocenters. The van der Waals surface area contributed by atoms with E-state index in [0.717, 1.165) is 18.4 Å². The number of ether oxygens (including phenoxy) is 1. The number of carbonyl (C=O) groups excluding carboxylic acids is 2. The number of hydrogen-bond donors (Lipinski definition) is 1. The molecule has 2 aromatic carbocycles. The van der Waals surface area contributed by atoms with E-state index in [0.29, 0.717) is 30.0 Å². The molecule has 0 atom stereocenters. The summed E-state index contributed by atoms with van der Waals surface area (Å²) >= 11 is 0. The number of aromatic nitrogens is 2. The molecular weight excluding hydrogens is 485 g/mol. The van der Waals surface area contributed by atoms with E-state index in [1.807, 2.05) is 24.3 Å². The quantitative estimate of drug-likeness (QED) is 0.381. The predicted octanol–water partition coefficient (Wildman–Crippen LogP) is 5.35. The summed E-state index contributed by atoms with van der Waals surface area (Å²) in [6, 6.07) is 16.0. The number of anilines is 1. The van der Waals surface area contributed by atoms with Crippen molar-refractivity contribution in [3.63, 3.8) is 0 Å². The maximum absolute atomic E-state index is 13.6. The smallest absolute Gasteiger partial charge is 0.387 e. The Balaban J connectivity index is 1.17. The van der Waals surface area contributed by atoms with Gasteiger partial charge in [-0.05, 0) is 72.9 Å². The highest BCUT2D eigenvalue weighted by Gasteiger charge is 2.25. The van der Waals surface area contributed by atoms with Crippen molar-refractivity contribution in [1.29, 1.82) is 0 Å². The van der Waals surface area contributed by atoms with Crippen molar-refractivity contribution < 1.29 is 27.5 Å². The van der Waals surface area contributed by atoms with Gasteiger partial charge in [-0.2, -0.15) is 8.78 Å². The standard InChI is InChI=1S/C27H23F3N4O3/c28-20-5-10-24-31-15-23(34(24)16-20)25(35)32-21-6-1-17(2-7-21)18-11-13-33(14-12-18)26(36)19-3-8-22(9-4-19)37-27(29)30/h1-10,15-16,18,27H,11-14H2,(H,32,35). The summed E-state index contributed by atoms with van der Waals surface area (Å²) in [4.78, 5) is 31.4. The SMILES string of the molecule is O=C(Nc1ccc(C2CCN(C(=O)c3ccc(OC(F)F)cc3)CC2)cc1)c1cnc2ccc(F)cn12. The average molecular weight is 509 g/mol. The zero-order valence-corrected chi connectivity index (χ0v) is 19.6. The summed E-state index contributed by atoms with van der Waals surface area (Å²) in [5.41, 5.74) is 2.84. The fourth-order valence-electron chi connectivity index (χ4n) is 4.53. The van der Waals surface area contributed by atoms with E-state index >= 15 is 0 Å². The average Bonchev–Trinajstić information content (AvgIpc) is 3.32. The van der Waals surface area contributed by atoms with Crippen molar-refractivity contribution in [3.8, 4) is 5.75 Å². The number of amides is 2. The molecule has 7 nitrogen and oxygen atoms in total. The van der Waals surface area contributed by atoms with Crippen LogP contribution in [0.5, 0.6) is 5.75 Å². The Labute approximate surface area is 210 Å². The largest absolute Gasteiger partial charge is 0.435 e. The highest BCUT2D eigenvalue weighted by atomic mass is 19.3. The number of fused-ring (bicyclic) bond motifs is 1. The van der Waals surface area contributed by atoms with Crippen LogP contribution in [0.2, 0.25) is 0 Å². The Morgan fingerprint density at radius 2 is 1.68 bits per heavy atom. The van der Waals surface area contributed by atoms with Gasteiger partial charge in [0.25, 0.3) is 11.8 Å². The van der Waals surface area contributed by atoms with Crippen molar-refractivity contribution in [2.75, 3.05) is 18.4 Å². The highest BCUT2D eigenvalue weighted by molar-refractivity contribution is 6.03. The van der Waals surface area contributed by atoms with Gasteiger partial charge in [-0.15, -0.1) is 0 Å². The first-order chi connectivity index (χ1) is 17.9. The third-order valence-electron chi connectivity index (χ3n) is 6.45. The van der Waals surface area contributed by atoms with Gasteiger partial charge in [0.15, 0.2) is 0 Å². The molecule has 2 aromatic heterocycles. The van der Waals surface area contributed by atoms with Gasteiger partial charge in [0.05, 0.1) is 6.20 Å². The number of benzene rings is 2. The Morgan fingerprint density at radius 1 is 0.973 bits per heavy atom. The van der Waals surface area contributed by atoms with Crippen molar-refractivity contribution in [2.45, 2.75) is 25.4 Å². The van der Waals surface area contributed by atoms with Crippen LogP contribution >= 0.6 is 0 Å². The zero-order valence-electron chi connectivity index (χ0n) is 19.6. The van der Waals surface area contributed by atoms with Gasteiger partial charge in [0, 0.05) is 30.5 Å². The fraction of sp³-hybridized carbons (Fsp3) is 0.222. The van der Waals surface area contributed by atoms with Crippen LogP contribution < -0.4 is 10.1 Å². The second-order valence-electron chi connectivity index (χ2n) is 8.76. The molecule has 1 aliphatic heterocycles. The maximum Gasteiger partial charge on any atom is 0.387 e. The van der Waals surface area contributed by atoms with E-state index in [9.17, 15) is 22.8 Å². The maximum atomic E-state index is 13.6. The highest BCUT2D eigenvalue weighted by Crippen LogP contribution is 2.30. The van der Waals surface area contributed by atoms with Gasteiger partial charge in [0.1, 0.15) is 22.9 Å². The summed E-state index contributed by atoms with van der Waals surface area (Å²) in [5, 5.41) is 2.81. The number of piperidine rings is 1. The summed E-state index contributed by atoms with van der Waals surface area (Å²) in [7, 11) is 0. The van der Waals surface area contributed by atoms with Gasteiger partial charge in [-0.25, -0.2) is 9.37 Å². The first kappa shape index (κ1) is 24.4. The van der Waals surface area contributed by atoms with Gasteiger partial charge >= 0.3 is 6.61 Å². The lowest BCUT2D eigenvalue weighted by molar-refractivity contribution is -0.0498. The molecule has 3 heterocycles. The number of nitrogens with one attached hydrogen (secondary N) is 1. The molecule has 5 rings (SSSR count). The van der Waals surface area contributed by atoms with Crippen LogP contribution in [-0.2, 0) is 0 Å². The number of carbonyl (C=O) groups is 2. The zero-order chi connectivity index (χ0) is 25.9. The Morgan fingerprint density at radius 3 is 2.35 bits per heavy atom. The van der Waals surface area contributed by atoms with Gasteiger partial charge in [-0.3, -0.25) is 14.0 Å². The lowest BCUT2D eigenvalue weighted by Gasteiger charge is -2.32. The van der Waals surface area contributed by atoms with Crippen molar-refractivity contribution in [2.24, 2.45) is 0 Å². The summed E-state index contributed by atoms with van der Waals surface area (Å²) in [6.07, 6.45) is 4.17. The number of pyridine rings is 1. The molecule has 1 aliphatic rings. The van der Waals surface area contributed by atoms with Crippen molar-refractivity contribution in [1.82, 2.24) is 14.3 Å². The van der Waals surface area contributed by atoms with E-state index in [1.54, 1.807) is 4.90 Å². The van der Waals surface area contributed by atoms with E-state index < -0.39 is 18.3 Å². The number of likely N-dealkylation sites (tertiary alicyclic amines) is 1. The fourth-order valence-corrected chi connectivity index (χ4v) is 4.53. The third-order valence-corrected chi connectivity index (χ3v) is 6.45. The molecule has 1 N–H and O–H groups in total. The number of imidazole rings is 1. The number of halogens is 3. The topological polar surface area (TPSA) is 75.9 Å². The molecule has 0 bridgehead atoms. The predicted molar refractivity (Wildman–Crippen MR) is 130 cm³/mol. The number of rotatable bonds is 6. The van der Waals surface area contributed by atoms with Gasteiger partial charge in [-0.1, -0.05) is 12.1 Å². The number of alkyl halides is 2. The minimum Gasteiger partial charge on any atom is -0.435 e. The van der Waals surface area contributed by atoms with E-state index in [-0.39, 0.29) is 23.3 Å². The minimum absolute atomic E-state index is 0.0114. The van der Waals surface area contributed by atoms with Crippen molar-refractivity contribution in [3.05, 3.63) is 95.7 Å². The van der Waals surface area contributed by atoms with Gasteiger partial charge in [0.2, 0.25) is 0 Å². The molecule has 0 saturated carbocycles.